The zero-order chi connectivity index (χ0) is 37.7. The Bertz CT molecular complexity index is 3200. The van der Waals surface area contributed by atoms with E-state index in [1.165, 1.54) is 53.6 Å². The number of furan rings is 1. The van der Waals surface area contributed by atoms with Gasteiger partial charge in [0, 0.05) is 53.6 Å². The number of thiophene rings is 1. The van der Waals surface area contributed by atoms with Crippen LogP contribution in [0.1, 0.15) is 0 Å². The van der Waals surface area contributed by atoms with E-state index < -0.39 is 0 Å². The van der Waals surface area contributed by atoms with Gasteiger partial charge in [0.25, 0.3) is 0 Å². The molecular weight excluding hydrogens is 711 g/mol. The Labute approximate surface area is 335 Å². The average Bonchev–Trinajstić information content (AvgIpc) is 3.87. The Morgan fingerprint density at radius 1 is 0.298 bits per heavy atom. The number of benzene rings is 9. The molecule has 0 bridgehead atoms. The number of anilines is 3. The molecule has 3 heteroatoms. The van der Waals surface area contributed by atoms with E-state index in [2.05, 4.69) is 217 Å². The molecule has 0 unspecified atom stereocenters. The predicted octanol–water partition coefficient (Wildman–Crippen LogP) is 16.1. The van der Waals surface area contributed by atoms with Crippen molar-refractivity contribution in [1.29, 1.82) is 0 Å². The topological polar surface area (TPSA) is 16.4 Å². The standard InChI is InChI=1S/C54H35NOS/c1-3-12-36(13-4-1)37-22-28-41(29-23-37)55(42-30-24-39(25-31-42)45-17-8-7-16-44(45)38-14-5-2-6-15-38)43-32-26-40(27-33-43)46-19-11-20-47-48-34-35-51-52(54(48)56-53(46)47)49-18-9-10-21-50(49)57-51/h1-35H. The van der Waals surface area contributed by atoms with E-state index in [0.29, 0.717) is 0 Å². The van der Waals surface area contributed by atoms with Gasteiger partial charge in [0.05, 0.1) is 0 Å². The van der Waals surface area contributed by atoms with Crippen molar-refractivity contribution >= 4 is 70.5 Å². The summed E-state index contributed by atoms with van der Waals surface area (Å²) in [6.07, 6.45) is 0. The molecule has 0 radical (unpaired) electrons. The SMILES string of the molecule is c1ccc(-c2ccc(N(c3ccc(-c4ccccc4-c4ccccc4)cc3)c3ccc(-c4cccc5c4oc4c5ccc5sc6ccccc6c54)cc3)cc2)cc1. The zero-order valence-electron chi connectivity index (χ0n) is 31.0. The van der Waals surface area contributed by atoms with E-state index in [1.807, 2.05) is 11.3 Å². The molecule has 0 spiro atoms. The smallest absolute Gasteiger partial charge is 0.144 e. The third-order valence-electron chi connectivity index (χ3n) is 11.1. The predicted molar refractivity (Wildman–Crippen MR) is 243 cm³/mol. The van der Waals surface area contributed by atoms with Crippen molar-refractivity contribution in [2.45, 2.75) is 0 Å². The summed E-state index contributed by atoms with van der Waals surface area (Å²) in [4.78, 5) is 2.34. The summed E-state index contributed by atoms with van der Waals surface area (Å²) < 4.78 is 9.39. The van der Waals surface area contributed by atoms with Gasteiger partial charge in [-0.15, -0.1) is 11.3 Å². The number of rotatable bonds is 7. The molecule has 0 fully saturated rings. The first kappa shape index (κ1) is 33.2. The lowest BCUT2D eigenvalue weighted by Crippen LogP contribution is -2.09. The van der Waals surface area contributed by atoms with Crippen LogP contribution in [-0.2, 0) is 0 Å². The lowest BCUT2D eigenvalue weighted by molar-refractivity contribution is 0.674. The van der Waals surface area contributed by atoms with Crippen LogP contribution >= 0.6 is 11.3 Å². The summed E-state index contributed by atoms with van der Waals surface area (Å²) in [7, 11) is 0. The maximum atomic E-state index is 6.86. The van der Waals surface area contributed by atoms with Gasteiger partial charge in [0.1, 0.15) is 11.2 Å². The van der Waals surface area contributed by atoms with E-state index in [9.17, 15) is 0 Å². The summed E-state index contributed by atoms with van der Waals surface area (Å²) in [5, 5.41) is 4.74. The monoisotopic (exact) mass is 745 g/mol. The van der Waals surface area contributed by atoms with Crippen LogP contribution in [0.15, 0.2) is 217 Å². The average molecular weight is 746 g/mol. The van der Waals surface area contributed by atoms with Gasteiger partial charge in [-0.1, -0.05) is 158 Å². The molecule has 0 atom stereocenters. The summed E-state index contributed by atoms with van der Waals surface area (Å²) in [6, 6.07) is 76.2. The van der Waals surface area contributed by atoms with Gasteiger partial charge in [-0.2, -0.15) is 0 Å². The minimum Gasteiger partial charge on any atom is -0.455 e. The van der Waals surface area contributed by atoms with Gasteiger partial charge in [-0.3, -0.25) is 0 Å². The van der Waals surface area contributed by atoms with E-state index >= 15 is 0 Å². The van der Waals surface area contributed by atoms with Crippen molar-refractivity contribution in [2.24, 2.45) is 0 Å². The highest BCUT2D eigenvalue weighted by molar-refractivity contribution is 7.26. The third-order valence-corrected chi connectivity index (χ3v) is 12.3. The normalized spacial score (nSPS) is 11.5. The van der Waals surface area contributed by atoms with Crippen LogP contribution in [0.4, 0.5) is 17.1 Å². The molecule has 11 aromatic rings. The maximum absolute atomic E-state index is 6.86. The third kappa shape index (κ3) is 5.80. The van der Waals surface area contributed by atoms with E-state index in [-0.39, 0.29) is 0 Å². The lowest BCUT2D eigenvalue weighted by atomic mass is 9.94. The highest BCUT2D eigenvalue weighted by atomic mass is 32.1. The minimum absolute atomic E-state index is 0.919. The lowest BCUT2D eigenvalue weighted by Gasteiger charge is -2.26. The second kappa shape index (κ2) is 13.8. The van der Waals surface area contributed by atoms with Gasteiger partial charge >= 0.3 is 0 Å². The summed E-state index contributed by atoms with van der Waals surface area (Å²) in [6.45, 7) is 0. The van der Waals surface area contributed by atoms with Crippen molar-refractivity contribution in [1.82, 2.24) is 0 Å². The molecule has 0 amide bonds. The number of para-hydroxylation sites is 1. The van der Waals surface area contributed by atoms with Gasteiger partial charge < -0.3 is 9.32 Å². The number of hydrogen-bond acceptors (Lipinski definition) is 3. The van der Waals surface area contributed by atoms with Crippen molar-refractivity contribution < 1.29 is 4.42 Å². The molecule has 2 heterocycles. The Balaban J connectivity index is 0.998. The molecule has 268 valence electrons. The Hall–Kier alpha value is -7.20. The van der Waals surface area contributed by atoms with Gasteiger partial charge in [-0.05, 0) is 93.5 Å². The summed E-state index contributed by atoms with van der Waals surface area (Å²) >= 11 is 1.82. The van der Waals surface area contributed by atoms with Crippen LogP contribution in [0.3, 0.4) is 0 Å². The first-order valence-corrected chi connectivity index (χ1v) is 20.1. The molecule has 9 aromatic carbocycles. The molecule has 57 heavy (non-hydrogen) atoms. The van der Waals surface area contributed by atoms with Crippen LogP contribution in [0, 0.1) is 0 Å². The van der Waals surface area contributed by atoms with E-state index in [4.69, 9.17) is 4.42 Å². The molecule has 2 aromatic heterocycles. The highest BCUT2D eigenvalue weighted by Crippen LogP contribution is 2.45. The van der Waals surface area contributed by atoms with Gasteiger partial charge in [0.15, 0.2) is 0 Å². The molecule has 0 saturated carbocycles. The van der Waals surface area contributed by atoms with Crippen molar-refractivity contribution in [3.05, 3.63) is 212 Å². The van der Waals surface area contributed by atoms with Crippen molar-refractivity contribution in [2.75, 3.05) is 4.90 Å². The molecule has 0 N–H and O–H groups in total. The van der Waals surface area contributed by atoms with Crippen LogP contribution in [0.2, 0.25) is 0 Å². The van der Waals surface area contributed by atoms with Crippen LogP contribution in [-0.4, -0.2) is 0 Å². The van der Waals surface area contributed by atoms with Crippen molar-refractivity contribution in [3.63, 3.8) is 0 Å². The van der Waals surface area contributed by atoms with Crippen LogP contribution < -0.4 is 4.90 Å². The van der Waals surface area contributed by atoms with Gasteiger partial charge in [-0.25, -0.2) is 0 Å². The number of hydrogen-bond donors (Lipinski definition) is 0. The second-order valence-electron chi connectivity index (χ2n) is 14.5. The van der Waals surface area contributed by atoms with E-state index in [1.54, 1.807) is 0 Å². The fourth-order valence-corrected chi connectivity index (χ4v) is 9.46. The first-order valence-electron chi connectivity index (χ1n) is 19.3. The number of nitrogens with zero attached hydrogens (tertiary/aromatic N) is 1. The maximum Gasteiger partial charge on any atom is 0.144 e. The quantitative estimate of drug-likeness (QED) is 0.162. The first-order chi connectivity index (χ1) is 28.3. The Morgan fingerprint density at radius 2 is 0.754 bits per heavy atom. The molecule has 0 aliphatic carbocycles. The molecule has 0 aliphatic rings. The Morgan fingerprint density at radius 3 is 1.40 bits per heavy atom. The summed E-state index contributed by atoms with van der Waals surface area (Å²) in [5.74, 6) is 0. The van der Waals surface area contributed by atoms with Crippen molar-refractivity contribution in [3.8, 4) is 44.5 Å². The second-order valence-corrected chi connectivity index (χ2v) is 15.5. The summed E-state index contributed by atoms with van der Waals surface area (Å²) in [5.41, 5.74) is 14.6. The van der Waals surface area contributed by atoms with Gasteiger partial charge in [0.2, 0.25) is 0 Å². The zero-order valence-corrected chi connectivity index (χ0v) is 31.8. The van der Waals surface area contributed by atoms with Crippen LogP contribution in [0.5, 0.6) is 0 Å². The van der Waals surface area contributed by atoms with Crippen LogP contribution in [0.25, 0.3) is 86.6 Å². The highest BCUT2D eigenvalue weighted by Gasteiger charge is 2.19. The number of fused-ring (bicyclic) bond motifs is 7. The molecule has 2 nitrogen and oxygen atoms in total. The Kier molecular flexibility index (Phi) is 8.04. The fraction of sp³-hybridized carbons (Fsp3) is 0. The minimum atomic E-state index is 0.919. The fourth-order valence-electron chi connectivity index (χ4n) is 8.36. The largest absolute Gasteiger partial charge is 0.455 e. The molecule has 0 aliphatic heterocycles. The molecular formula is C54H35NOS. The molecule has 0 saturated heterocycles. The molecule has 11 rings (SSSR count). The van der Waals surface area contributed by atoms with E-state index in [0.717, 1.165) is 50.1 Å².